The van der Waals surface area contributed by atoms with E-state index >= 15 is 0 Å². The van der Waals surface area contributed by atoms with Crippen molar-refractivity contribution >= 4 is 0 Å². The van der Waals surface area contributed by atoms with Gasteiger partial charge >= 0.3 is 0 Å². The lowest BCUT2D eigenvalue weighted by Crippen LogP contribution is -2.29. The molecule has 0 aromatic carbocycles. The lowest BCUT2D eigenvalue weighted by atomic mass is 9.94. The molecular formula is C12H22N4. The van der Waals surface area contributed by atoms with E-state index in [9.17, 15) is 0 Å². The fraction of sp³-hybridized carbons (Fsp3) is 0.833. The van der Waals surface area contributed by atoms with Crippen molar-refractivity contribution in [3.8, 4) is 0 Å². The molecule has 2 atom stereocenters. The van der Waals surface area contributed by atoms with Gasteiger partial charge in [0.05, 0.1) is 0 Å². The second-order valence-corrected chi connectivity index (χ2v) is 4.79. The minimum absolute atomic E-state index is 0.266. The molecule has 16 heavy (non-hydrogen) atoms. The fourth-order valence-corrected chi connectivity index (χ4v) is 2.62. The number of rotatable bonds is 3. The Labute approximate surface area is 97.2 Å². The Morgan fingerprint density at radius 3 is 3.00 bits per heavy atom. The largest absolute Gasteiger partial charge is 0.327 e. The highest BCUT2D eigenvalue weighted by Crippen LogP contribution is 2.29. The normalized spacial score (nSPS) is 26.6. The monoisotopic (exact) mass is 222 g/mol. The van der Waals surface area contributed by atoms with E-state index in [2.05, 4.69) is 21.7 Å². The second kappa shape index (κ2) is 5.43. The Morgan fingerprint density at radius 2 is 2.19 bits per heavy atom. The van der Waals surface area contributed by atoms with Crippen LogP contribution in [0.15, 0.2) is 6.33 Å². The van der Waals surface area contributed by atoms with Gasteiger partial charge in [0.1, 0.15) is 12.2 Å². The van der Waals surface area contributed by atoms with Crippen LogP contribution in [-0.4, -0.2) is 20.8 Å². The van der Waals surface area contributed by atoms with Crippen LogP contribution in [0.5, 0.6) is 0 Å². The first-order valence-corrected chi connectivity index (χ1v) is 6.46. The second-order valence-electron chi connectivity index (χ2n) is 4.79. The topological polar surface area (TPSA) is 56.7 Å². The maximum Gasteiger partial charge on any atom is 0.137 e. The van der Waals surface area contributed by atoms with Crippen molar-refractivity contribution < 1.29 is 0 Å². The molecule has 0 aliphatic heterocycles. The van der Waals surface area contributed by atoms with E-state index in [1.165, 1.54) is 25.7 Å². The number of nitrogens with two attached hydrogens (primary N) is 1. The van der Waals surface area contributed by atoms with Gasteiger partial charge in [-0.3, -0.25) is 0 Å². The van der Waals surface area contributed by atoms with E-state index in [-0.39, 0.29) is 6.04 Å². The molecule has 0 bridgehead atoms. The van der Waals surface area contributed by atoms with Crippen LogP contribution >= 0.6 is 0 Å². The van der Waals surface area contributed by atoms with Gasteiger partial charge in [0.25, 0.3) is 0 Å². The standard InChI is InChI=1S/C12H22N4/c1-2-8-16-9-14-15-12(16)10-6-4-3-5-7-11(10)13/h9-11H,2-8,13H2,1H3. The van der Waals surface area contributed by atoms with E-state index in [1.54, 1.807) is 0 Å². The molecule has 2 N–H and O–H groups in total. The summed E-state index contributed by atoms with van der Waals surface area (Å²) in [5.41, 5.74) is 6.25. The van der Waals surface area contributed by atoms with Gasteiger partial charge in [0.2, 0.25) is 0 Å². The highest BCUT2D eigenvalue weighted by molar-refractivity contribution is 5.02. The molecule has 0 amide bonds. The van der Waals surface area contributed by atoms with Crippen molar-refractivity contribution in [2.45, 2.75) is 64.0 Å². The molecule has 2 unspecified atom stereocenters. The zero-order valence-electron chi connectivity index (χ0n) is 10.1. The molecule has 1 aliphatic carbocycles. The van der Waals surface area contributed by atoms with Gasteiger partial charge in [0.15, 0.2) is 0 Å². The lowest BCUT2D eigenvalue weighted by molar-refractivity contribution is 0.459. The van der Waals surface area contributed by atoms with Gasteiger partial charge in [-0.15, -0.1) is 10.2 Å². The van der Waals surface area contributed by atoms with Crippen molar-refractivity contribution in [2.24, 2.45) is 5.73 Å². The Hall–Kier alpha value is -0.900. The predicted octanol–water partition coefficient (Wildman–Crippen LogP) is 2.06. The number of hydrogen-bond acceptors (Lipinski definition) is 3. The van der Waals surface area contributed by atoms with Crippen LogP contribution < -0.4 is 5.73 Å². The molecule has 1 aromatic rings. The van der Waals surface area contributed by atoms with Gasteiger partial charge in [-0.2, -0.15) is 0 Å². The molecule has 2 rings (SSSR count). The number of aryl methyl sites for hydroxylation is 1. The van der Waals surface area contributed by atoms with Crippen LogP contribution in [0.3, 0.4) is 0 Å². The fourth-order valence-electron chi connectivity index (χ4n) is 2.62. The lowest BCUT2D eigenvalue weighted by Gasteiger charge is -2.20. The smallest absolute Gasteiger partial charge is 0.137 e. The van der Waals surface area contributed by atoms with Gasteiger partial charge in [-0.05, 0) is 19.3 Å². The first kappa shape index (κ1) is 11.6. The number of hydrogen-bond donors (Lipinski definition) is 1. The van der Waals surface area contributed by atoms with Crippen molar-refractivity contribution in [2.75, 3.05) is 0 Å². The first-order chi connectivity index (χ1) is 7.83. The average molecular weight is 222 g/mol. The minimum atomic E-state index is 0.266. The van der Waals surface area contributed by atoms with Crippen molar-refractivity contribution in [3.63, 3.8) is 0 Å². The van der Waals surface area contributed by atoms with Gasteiger partial charge in [-0.25, -0.2) is 0 Å². The zero-order valence-corrected chi connectivity index (χ0v) is 10.1. The molecule has 1 aliphatic rings. The van der Waals surface area contributed by atoms with E-state index in [1.807, 2.05) is 6.33 Å². The van der Waals surface area contributed by atoms with Crippen LogP contribution in [0, 0.1) is 0 Å². The summed E-state index contributed by atoms with van der Waals surface area (Å²) in [6.07, 6.45) is 9.11. The summed E-state index contributed by atoms with van der Waals surface area (Å²) in [6.45, 7) is 3.18. The highest BCUT2D eigenvalue weighted by atomic mass is 15.3. The number of aromatic nitrogens is 3. The highest BCUT2D eigenvalue weighted by Gasteiger charge is 2.25. The molecule has 0 saturated heterocycles. The Morgan fingerprint density at radius 1 is 1.38 bits per heavy atom. The minimum Gasteiger partial charge on any atom is -0.327 e. The van der Waals surface area contributed by atoms with E-state index in [0.717, 1.165) is 25.2 Å². The van der Waals surface area contributed by atoms with Crippen molar-refractivity contribution in [1.82, 2.24) is 14.8 Å². The summed E-state index contributed by atoms with van der Waals surface area (Å²) in [6, 6.07) is 0.266. The van der Waals surface area contributed by atoms with E-state index < -0.39 is 0 Å². The third kappa shape index (κ3) is 2.43. The summed E-state index contributed by atoms with van der Waals surface area (Å²) in [4.78, 5) is 0. The third-order valence-corrected chi connectivity index (χ3v) is 3.51. The van der Waals surface area contributed by atoms with Crippen LogP contribution in [-0.2, 0) is 6.54 Å². The quantitative estimate of drug-likeness (QED) is 0.796. The average Bonchev–Trinajstić information content (AvgIpc) is 2.61. The maximum atomic E-state index is 6.25. The van der Waals surface area contributed by atoms with Crippen LogP contribution in [0.1, 0.15) is 57.2 Å². The molecular weight excluding hydrogens is 200 g/mol. The zero-order chi connectivity index (χ0) is 11.4. The first-order valence-electron chi connectivity index (χ1n) is 6.46. The molecule has 1 fully saturated rings. The van der Waals surface area contributed by atoms with Crippen LogP contribution in [0.25, 0.3) is 0 Å². The molecule has 4 nitrogen and oxygen atoms in total. The summed E-state index contributed by atoms with van der Waals surface area (Å²) in [7, 11) is 0. The van der Waals surface area contributed by atoms with Crippen LogP contribution in [0.4, 0.5) is 0 Å². The van der Waals surface area contributed by atoms with E-state index in [0.29, 0.717) is 5.92 Å². The molecule has 90 valence electrons. The maximum absolute atomic E-state index is 6.25. The Kier molecular flexibility index (Phi) is 3.93. The predicted molar refractivity (Wildman–Crippen MR) is 64.1 cm³/mol. The molecule has 1 aromatic heterocycles. The molecule has 1 heterocycles. The molecule has 4 heteroatoms. The van der Waals surface area contributed by atoms with Gasteiger partial charge in [0, 0.05) is 18.5 Å². The molecule has 1 saturated carbocycles. The van der Waals surface area contributed by atoms with Crippen molar-refractivity contribution in [3.05, 3.63) is 12.2 Å². The van der Waals surface area contributed by atoms with Gasteiger partial charge in [-0.1, -0.05) is 26.2 Å². The van der Waals surface area contributed by atoms with E-state index in [4.69, 9.17) is 5.73 Å². The summed E-state index contributed by atoms with van der Waals surface area (Å²) in [5, 5.41) is 8.32. The Bertz CT molecular complexity index is 321. The summed E-state index contributed by atoms with van der Waals surface area (Å²) < 4.78 is 2.18. The molecule has 0 spiro atoms. The van der Waals surface area contributed by atoms with Crippen molar-refractivity contribution in [1.29, 1.82) is 0 Å². The number of nitrogens with zero attached hydrogens (tertiary/aromatic N) is 3. The summed E-state index contributed by atoms with van der Waals surface area (Å²) >= 11 is 0. The Balaban J connectivity index is 2.16. The SMILES string of the molecule is CCCn1cnnc1C1CCCCCC1N. The molecule has 0 radical (unpaired) electrons. The summed E-state index contributed by atoms with van der Waals surface area (Å²) in [5.74, 6) is 1.52. The third-order valence-electron chi connectivity index (χ3n) is 3.51. The van der Waals surface area contributed by atoms with Gasteiger partial charge < -0.3 is 10.3 Å². The van der Waals surface area contributed by atoms with Crippen LogP contribution in [0.2, 0.25) is 0 Å².